The summed E-state index contributed by atoms with van der Waals surface area (Å²) < 4.78 is 1.89. The first kappa shape index (κ1) is 12.3. The van der Waals surface area contributed by atoms with Gasteiger partial charge in [0.25, 0.3) is 0 Å². The van der Waals surface area contributed by atoms with E-state index in [0.717, 1.165) is 25.7 Å². The van der Waals surface area contributed by atoms with Crippen LogP contribution in [0.2, 0.25) is 0 Å². The number of aromatic nitrogens is 1. The molecule has 1 fully saturated rings. The van der Waals surface area contributed by atoms with Crippen LogP contribution in [-0.4, -0.2) is 10.7 Å². The molecule has 0 bridgehead atoms. The molecule has 3 nitrogen and oxygen atoms in total. The maximum Gasteiger partial charge on any atom is 0.338 e. The monoisotopic (exact) mass is 251 g/mol. The normalized spacial score (nSPS) is 18.6. The van der Waals surface area contributed by atoms with E-state index < -0.39 is 0 Å². The average molecular weight is 251 g/mol. The molecule has 17 heavy (non-hydrogen) atoms. The molecule has 1 aliphatic carbocycles. The summed E-state index contributed by atoms with van der Waals surface area (Å²) in [7, 11) is 0. The van der Waals surface area contributed by atoms with Crippen molar-refractivity contribution in [1.29, 1.82) is 0 Å². The van der Waals surface area contributed by atoms with E-state index in [1.54, 1.807) is 18.3 Å². The zero-order valence-electron chi connectivity index (χ0n) is 10.0. The zero-order chi connectivity index (χ0) is 12.3. The number of carbonyl (C=O) groups excluding carboxylic acids is 1. The predicted molar refractivity (Wildman–Crippen MR) is 68.0 cm³/mol. The van der Waals surface area contributed by atoms with Crippen molar-refractivity contribution in [3.8, 4) is 0 Å². The second-order valence-corrected chi connectivity index (χ2v) is 5.28. The van der Waals surface area contributed by atoms with Crippen LogP contribution >= 0.6 is 12.2 Å². The molecule has 0 saturated heterocycles. The molecule has 0 N–H and O–H groups in total. The fourth-order valence-corrected chi connectivity index (χ4v) is 2.40. The van der Waals surface area contributed by atoms with Crippen molar-refractivity contribution in [2.45, 2.75) is 39.0 Å². The molecular formula is C13H17NO2S. The summed E-state index contributed by atoms with van der Waals surface area (Å²) in [6.45, 7) is 1.99. The summed E-state index contributed by atoms with van der Waals surface area (Å²) in [4.78, 5) is 17.5. The number of carbonyl (C=O) groups is 1. The van der Waals surface area contributed by atoms with Crippen LogP contribution in [0.4, 0.5) is 0 Å². The second-order valence-electron chi connectivity index (χ2n) is 4.86. The van der Waals surface area contributed by atoms with Crippen molar-refractivity contribution >= 4 is 18.2 Å². The van der Waals surface area contributed by atoms with Gasteiger partial charge in [-0.25, -0.2) is 4.79 Å². The lowest BCUT2D eigenvalue weighted by atomic mass is 9.76. The minimum atomic E-state index is -0.344. The number of hydrogen-bond acceptors (Lipinski definition) is 3. The van der Waals surface area contributed by atoms with Gasteiger partial charge in [0.05, 0.1) is 5.41 Å². The third-order valence-electron chi connectivity index (χ3n) is 3.42. The topological polar surface area (TPSA) is 31.2 Å². The molecule has 0 aromatic carbocycles. The first-order valence-electron chi connectivity index (χ1n) is 6.02. The quantitative estimate of drug-likeness (QED) is 0.757. The van der Waals surface area contributed by atoms with Crippen LogP contribution in [0.25, 0.3) is 0 Å². The van der Waals surface area contributed by atoms with Crippen molar-refractivity contribution in [3.05, 3.63) is 29.0 Å². The van der Waals surface area contributed by atoms with Crippen molar-refractivity contribution in [3.63, 3.8) is 0 Å². The Morgan fingerprint density at radius 3 is 2.71 bits per heavy atom. The van der Waals surface area contributed by atoms with E-state index in [2.05, 4.69) is 0 Å². The number of nitrogens with zero attached hydrogens (tertiary/aromatic N) is 1. The molecule has 1 aliphatic rings. The Balaban J connectivity index is 2.11. The standard InChI is InChI=1S/C13H17NO2S/c1-13(8-4-2-5-9-13)12(15)16-14-10-6-3-7-11(14)17/h3,6-7,10H,2,4-5,8-9H2,1H3. The highest BCUT2D eigenvalue weighted by Crippen LogP contribution is 2.36. The van der Waals surface area contributed by atoms with Gasteiger partial charge in [0.2, 0.25) is 0 Å². The van der Waals surface area contributed by atoms with E-state index in [-0.39, 0.29) is 11.4 Å². The van der Waals surface area contributed by atoms with Crippen LogP contribution in [0.3, 0.4) is 0 Å². The van der Waals surface area contributed by atoms with Gasteiger partial charge in [-0.15, -0.1) is 0 Å². The fraction of sp³-hybridized carbons (Fsp3) is 0.538. The van der Waals surface area contributed by atoms with E-state index in [9.17, 15) is 4.79 Å². The zero-order valence-corrected chi connectivity index (χ0v) is 10.8. The third kappa shape index (κ3) is 2.75. The fourth-order valence-electron chi connectivity index (χ4n) is 2.22. The van der Waals surface area contributed by atoms with Crippen molar-refractivity contribution in [1.82, 2.24) is 4.73 Å². The Morgan fingerprint density at radius 2 is 2.06 bits per heavy atom. The number of hydrogen-bond donors (Lipinski definition) is 0. The molecule has 0 spiro atoms. The molecule has 1 saturated carbocycles. The molecule has 0 aliphatic heterocycles. The lowest BCUT2D eigenvalue weighted by molar-refractivity contribution is -0.157. The number of rotatable bonds is 2. The molecule has 2 rings (SSSR count). The lowest BCUT2D eigenvalue weighted by Gasteiger charge is -2.30. The molecule has 0 radical (unpaired) electrons. The van der Waals surface area contributed by atoms with Gasteiger partial charge in [-0.1, -0.05) is 37.5 Å². The van der Waals surface area contributed by atoms with Crippen LogP contribution in [0, 0.1) is 10.1 Å². The van der Waals surface area contributed by atoms with Gasteiger partial charge >= 0.3 is 5.97 Å². The molecule has 92 valence electrons. The maximum atomic E-state index is 12.2. The van der Waals surface area contributed by atoms with Crippen LogP contribution in [0.5, 0.6) is 0 Å². The van der Waals surface area contributed by atoms with Crippen molar-refractivity contribution < 1.29 is 9.63 Å². The summed E-state index contributed by atoms with van der Waals surface area (Å²) in [5.41, 5.74) is -0.344. The van der Waals surface area contributed by atoms with Gasteiger partial charge in [-0.2, -0.15) is 4.73 Å². The summed E-state index contributed by atoms with van der Waals surface area (Å²) in [6, 6.07) is 5.37. The summed E-state index contributed by atoms with van der Waals surface area (Å²) in [6.07, 6.45) is 6.91. The van der Waals surface area contributed by atoms with Gasteiger partial charge in [-0.3, -0.25) is 0 Å². The van der Waals surface area contributed by atoms with Crippen molar-refractivity contribution in [2.75, 3.05) is 0 Å². The Morgan fingerprint density at radius 1 is 1.35 bits per heavy atom. The first-order chi connectivity index (χ1) is 8.12. The summed E-state index contributed by atoms with van der Waals surface area (Å²) in [5, 5.41) is 0. The molecule has 0 unspecified atom stereocenters. The summed E-state index contributed by atoms with van der Waals surface area (Å²) in [5.74, 6) is -0.167. The van der Waals surface area contributed by atoms with Gasteiger partial charge < -0.3 is 4.84 Å². The average Bonchev–Trinajstić information content (AvgIpc) is 2.33. The Kier molecular flexibility index (Phi) is 3.62. The first-order valence-corrected chi connectivity index (χ1v) is 6.43. The predicted octanol–water partition coefficient (Wildman–Crippen LogP) is 3.14. The largest absolute Gasteiger partial charge is 0.338 e. The van der Waals surface area contributed by atoms with Crippen LogP contribution in [0.15, 0.2) is 24.4 Å². The minimum Gasteiger partial charge on any atom is -0.335 e. The van der Waals surface area contributed by atoms with E-state index in [1.165, 1.54) is 11.2 Å². The van der Waals surface area contributed by atoms with Gasteiger partial charge in [0.1, 0.15) is 4.64 Å². The van der Waals surface area contributed by atoms with Crippen LogP contribution < -0.4 is 4.84 Å². The van der Waals surface area contributed by atoms with Gasteiger partial charge in [0, 0.05) is 6.20 Å². The van der Waals surface area contributed by atoms with Crippen molar-refractivity contribution in [2.24, 2.45) is 5.41 Å². The van der Waals surface area contributed by atoms with E-state index in [1.807, 2.05) is 13.0 Å². The molecule has 1 aromatic rings. The molecule has 0 atom stereocenters. The minimum absolute atomic E-state index is 0.167. The van der Waals surface area contributed by atoms with Gasteiger partial charge in [0.15, 0.2) is 0 Å². The second kappa shape index (κ2) is 5.00. The molecule has 4 heteroatoms. The molecule has 0 amide bonds. The Labute approximate surface area is 106 Å². The highest BCUT2D eigenvalue weighted by Gasteiger charge is 2.36. The summed E-state index contributed by atoms with van der Waals surface area (Å²) >= 11 is 5.09. The van der Waals surface area contributed by atoms with E-state index in [0.29, 0.717) is 4.64 Å². The molecule has 1 heterocycles. The maximum absolute atomic E-state index is 12.2. The van der Waals surface area contributed by atoms with E-state index >= 15 is 0 Å². The highest BCUT2D eigenvalue weighted by atomic mass is 32.1. The van der Waals surface area contributed by atoms with E-state index in [4.69, 9.17) is 17.1 Å². The van der Waals surface area contributed by atoms with Crippen LogP contribution in [0.1, 0.15) is 39.0 Å². The van der Waals surface area contributed by atoms with Gasteiger partial charge in [-0.05, 0) is 31.9 Å². The number of pyridine rings is 1. The Bertz CT molecular complexity index is 460. The third-order valence-corrected chi connectivity index (χ3v) is 3.74. The Hall–Kier alpha value is -1.16. The molecule has 1 aromatic heterocycles. The van der Waals surface area contributed by atoms with Crippen LogP contribution in [-0.2, 0) is 4.79 Å². The SMILES string of the molecule is CC1(C(=O)On2ccccc2=S)CCCCC1. The highest BCUT2D eigenvalue weighted by molar-refractivity contribution is 7.71. The molecular weight excluding hydrogens is 234 g/mol. The smallest absolute Gasteiger partial charge is 0.335 e. The lowest BCUT2D eigenvalue weighted by Crippen LogP contribution is -2.37.